The second-order valence-corrected chi connectivity index (χ2v) is 10.1. The molecule has 4 rings (SSSR count). The highest BCUT2D eigenvalue weighted by Crippen LogP contribution is 2.31. The monoisotopic (exact) mass is 476 g/mol. The largest absolute Gasteiger partial charge is 0.489 e. The van der Waals surface area contributed by atoms with Crippen LogP contribution in [0.1, 0.15) is 22.4 Å². The van der Waals surface area contributed by atoms with Gasteiger partial charge in [0.2, 0.25) is 0 Å². The Morgan fingerprint density at radius 3 is 2.59 bits per heavy atom. The lowest BCUT2D eigenvalue weighted by molar-refractivity contribution is 0.359. The van der Waals surface area contributed by atoms with Crippen LogP contribution in [0.15, 0.2) is 72.3 Å². The van der Waals surface area contributed by atoms with Gasteiger partial charge < -0.3 is 4.74 Å². The van der Waals surface area contributed by atoms with E-state index in [1.54, 1.807) is 23.9 Å². The van der Waals surface area contributed by atoms with E-state index in [1.807, 2.05) is 63.2 Å². The quantitative estimate of drug-likeness (QED) is 0.340. The summed E-state index contributed by atoms with van der Waals surface area (Å²) in [6.07, 6.45) is 3.05. The lowest BCUT2D eigenvalue weighted by atomic mass is 10.1. The van der Waals surface area contributed by atoms with Crippen LogP contribution in [0.25, 0.3) is 11.0 Å². The average Bonchev–Trinajstić information content (AvgIpc) is 3.11. The van der Waals surface area contributed by atoms with Crippen LogP contribution in [0.4, 0.5) is 5.69 Å². The molecule has 0 spiro atoms. The second kappa shape index (κ2) is 9.30. The van der Waals surface area contributed by atoms with Gasteiger partial charge in [0.25, 0.3) is 10.0 Å². The minimum atomic E-state index is -3.96. The van der Waals surface area contributed by atoms with E-state index in [4.69, 9.17) is 4.74 Å². The highest BCUT2D eigenvalue weighted by molar-refractivity contribution is 7.92. The maximum Gasteiger partial charge on any atom is 0.266 e. The van der Waals surface area contributed by atoms with Crippen molar-refractivity contribution in [2.24, 2.45) is 7.05 Å². The second-order valence-electron chi connectivity index (χ2n) is 8.24. The number of nitrogens with zero attached hydrogens (tertiary/aromatic N) is 4. The van der Waals surface area contributed by atoms with E-state index >= 15 is 0 Å². The van der Waals surface area contributed by atoms with Crippen LogP contribution in [-0.4, -0.2) is 29.8 Å². The van der Waals surface area contributed by atoms with Crippen molar-refractivity contribution in [3.05, 3.63) is 89.8 Å². The fraction of sp³-hybridized carbons (Fsp3) is 0.231. The van der Waals surface area contributed by atoms with E-state index in [0.717, 1.165) is 22.4 Å². The van der Waals surface area contributed by atoms with Crippen molar-refractivity contribution >= 4 is 26.7 Å². The lowest BCUT2D eigenvalue weighted by Gasteiger charge is -2.26. The standard InChI is InChI=1S/C26H28N4O3S/c1-6-13-33-25-10-8-7-9-21(25)17-30(22-12-11-18(2)19(3)14-22)34(31,32)23-15-24-20(4)28-29(5)26(24)27-16-23/h6-12,14-16H,1,13,17H2,2-5H3. The molecule has 0 atom stereocenters. The molecule has 0 saturated heterocycles. The van der Waals surface area contributed by atoms with Crippen LogP contribution in [-0.2, 0) is 23.6 Å². The van der Waals surface area contributed by atoms with Crippen molar-refractivity contribution in [3.8, 4) is 5.75 Å². The van der Waals surface area contributed by atoms with Gasteiger partial charge in [0.1, 0.15) is 17.3 Å². The summed E-state index contributed by atoms with van der Waals surface area (Å²) < 4.78 is 36.9. The highest BCUT2D eigenvalue weighted by atomic mass is 32.2. The first-order valence-corrected chi connectivity index (χ1v) is 12.4. The van der Waals surface area contributed by atoms with Gasteiger partial charge in [-0.3, -0.25) is 8.99 Å². The molecule has 7 nitrogen and oxygen atoms in total. The predicted octanol–water partition coefficient (Wildman–Crippen LogP) is 4.85. The fourth-order valence-electron chi connectivity index (χ4n) is 3.83. The molecule has 2 aromatic carbocycles. The molecule has 0 aliphatic carbocycles. The molecule has 176 valence electrons. The van der Waals surface area contributed by atoms with Gasteiger partial charge in [-0.1, -0.05) is 36.9 Å². The Bertz CT molecular complexity index is 1470. The maximum absolute atomic E-state index is 14.0. The van der Waals surface area contributed by atoms with Gasteiger partial charge in [0.15, 0.2) is 5.65 Å². The number of ether oxygens (including phenoxy) is 1. The number of rotatable bonds is 8. The third kappa shape index (κ3) is 4.41. The first-order chi connectivity index (χ1) is 16.2. The van der Waals surface area contributed by atoms with Crippen LogP contribution >= 0.6 is 0 Å². The molecule has 0 saturated carbocycles. The molecule has 0 radical (unpaired) electrons. The molecule has 0 N–H and O–H groups in total. The first-order valence-electron chi connectivity index (χ1n) is 10.9. The van der Waals surface area contributed by atoms with E-state index in [1.165, 1.54) is 10.5 Å². The molecule has 34 heavy (non-hydrogen) atoms. The van der Waals surface area contributed by atoms with Crippen molar-refractivity contribution in [1.29, 1.82) is 0 Å². The van der Waals surface area contributed by atoms with E-state index < -0.39 is 10.0 Å². The van der Waals surface area contributed by atoms with Crippen molar-refractivity contribution in [3.63, 3.8) is 0 Å². The Morgan fingerprint density at radius 1 is 1.09 bits per heavy atom. The van der Waals surface area contributed by atoms with Crippen LogP contribution in [0.3, 0.4) is 0 Å². The minimum Gasteiger partial charge on any atom is -0.489 e. The summed E-state index contributed by atoms with van der Waals surface area (Å²) in [7, 11) is -2.17. The zero-order valence-electron chi connectivity index (χ0n) is 19.8. The Hall–Kier alpha value is -3.65. The number of aromatic nitrogens is 3. The summed E-state index contributed by atoms with van der Waals surface area (Å²) in [6.45, 7) is 9.94. The molecule has 0 bridgehead atoms. The predicted molar refractivity (Wildman–Crippen MR) is 135 cm³/mol. The van der Waals surface area contributed by atoms with Crippen molar-refractivity contribution < 1.29 is 13.2 Å². The van der Waals surface area contributed by atoms with Gasteiger partial charge in [-0.05, 0) is 56.2 Å². The average molecular weight is 477 g/mol. The van der Waals surface area contributed by atoms with Gasteiger partial charge in [0, 0.05) is 24.2 Å². The van der Waals surface area contributed by atoms with Crippen molar-refractivity contribution in [2.45, 2.75) is 32.2 Å². The smallest absolute Gasteiger partial charge is 0.266 e. The van der Waals surface area contributed by atoms with Crippen molar-refractivity contribution in [2.75, 3.05) is 10.9 Å². The summed E-state index contributed by atoms with van der Waals surface area (Å²) >= 11 is 0. The van der Waals surface area contributed by atoms with E-state index in [-0.39, 0.29) is 11.4 Å². The topological polar surface area (TPSA) is 77.3 Å². The summed E-state index contributed by atoms with van der Waals surface area (Å²) in [5.41, 5.74) is 4.78. The highest BCUT2D eigenvalue weighted by Gasteiger charge is 2.28. The number of benzene rings is 2. The Labute approximate surface area is 200 Å². The van der Waals surface area contributed by atoms with E-state index in [0.29, 0.717) is 29.1 Å². The number of para-hydroxylation sites is 1. The summed E-state index contributed by atoms with van der Waals surface area (Å²) in [5.74, 6) is 0.614. The Kier molecular flexibility index (Phi) is 6.43. The van der Waals surface area contributed by atoms with Crippen LogP contribution in [0.2, 0.25) is 0 Å². The SMILES string of the molecule is C=CCOc1ccccc1CN(c1ccc(C)c(C)c1)S(=O)(=O)c1cnc2c(c1)c(C)nn2C. The Balaban J connectivity index is 1.85. The van der Waals surface area contributed by atoms with Crippen LogP contribution in [0, 0.1) is 20.8 Å². The molecular weight excluding hydrogens is 448 g/mol. The van der Waals surface area contributed by atoms with Gasteiger partial charge in [0.05, 0.1) is 17.9 Å². The molecular formula is C26H28N4O3S. The number of sulfonamides is 1. The van der Waals surface area contributed by atoms with Gasteiger partial charge in [-0.15, -0.1) is 0 Å². The molecule has 0 unspecified atom stereocenters. The van der Waals surface area contributed by atoms with Gasteiger partial charge in [-0.25, -0.2) is 13.4 Å². The zero-order valence-corrected chi connectivity index (χ0v) is 20.6. The maximum atomic E-state index is 14.0. The number of hydrogen-bond donors (Lipinski definition) is 0. The lowest BCUT2D eigenvalue weighted by Crippen LogP contribution is -2.31. The number of pyridine rings is 1. The van der Waals surface area contributed by atoms with Gasteiger partial charge in [-0.2, -0.15) is 5.10 Å². The summed E-state index contributed by atoms with van der Waals surface area (Å²) in [4.78, 5) is 4.51. The molecule has 4 aromatic rings. The molecule has 0 amide bonds. The number of anilines is 1. The first kappa shape index (κ1) is 23.5. The van der Waals surface area contributed by atoms with Crippen molar-refractivity contribution in [1.82, 2.24) is 14.8 Å². The van der Waals surface area contributed by atoms with Crippen LogP contribution in [0.5, 0.6) is 5.75 Å². The normalized spacial score (nSPS) is 11.5. The molecule has 0 aliphatic heterocycles. The molecule has 8 heteroatoms. The minimum absolute atomic E-state index is 0.0994. The van der Waals surface area contributed by atoms with Crippen LogP contribution < -0.4 is 9.04 Å². The third-order valence-electron chi connectivity index (χ3n) is 5.85. The number of hydrogen-bond acceptors (Lipinski definition) is 5. The third-order valence-corrected chi connectivity index (χ3v) is 7.59. The summed E-state index contributed by atoms with van der Waals surface area (Å²) in [5, 5.41) is 5.07. The fourth-order valence-corrected chi connectivity index (χ4v) is 5.24. The molecule has 0 aliphatic rings. The van der Waals surface area contributed by atoms with E-state index in [2.05, 4.69) is 16.7 Å². The molecule has 2 aromatic heterocycles. The molecule has 0 fully saturated rings. The zero-order chi connectivity index (χ0) is 24.5. The molecule has 2 heterocycles. The van der Waals surface area contributed by atoms with E-state index in [9.17, 15) is 8.42 Å². The summed E-state index contributed by atoms with van der Waals surface area (Å²) in [6, 6.07) is 14.7. The number of fused-ring (bicyclic) bond motifs is 1. The Morgan fingerprint density at radius 2 is 1.85 bits per heavy atom. The number of aryl methyl sites for hydroxylation is 4. The van der Waals surface area contributed by atoms with Gasteiger partial charge >= 0.3 is 0 Å².